The van der Waals surface area contributed by atoms with E-state index in [-0.39, 0.29) is 22.3 Å². The summed E-state index contributed by atoms with van der Waals surface area (Å²) in [7, 11) is 1.34. The van der Waals surface area contributed by atoms with Gasteiger partial charge in [-0.05, 0) is 12.1 Å². The maximum absolute atomic E-state index is 11.5. The minimum absolute atomic E-state index is 0.131. The molecule has 7 heteroatoms. The van der Waals surface area contributed by atoms with Crippen molar-refractivity contribution in [3.8, 4) is 0 Å². The summed E-state index contributed by atoms with van der Waals surface area (Å²) >= 11 is 0. The quantitative estimate of drug-likeness (QED) is 0.566. The Balaban J connectivity index is 2.75. The topological polar surface area (TPSA) is 110 Å². The fourth-order valence-corrected chi connectivity index (χ4v) is 1.63. The number of nitrogens with one attached hydrogen (secondary N) is 1. The second-order valence-corrected chi connectivity index (χ2v) is 3.50. The molecule has 2 N–H and O–H groups in total. The van der Waals surface area contributed by atoms with Crippen LogP contribution in [0.15, 0.2) is 12.1 Å². The SMILES string of the molecule is CNC(=O)c1cc(C(=O)O)c2cc1C(=O)OC2=O. The van der Waals surface area contributed by atoms with Crippen LogP contribution in [0.1, 0.15) is 41.4 Å². The zero-order chi connectivity index (χ0) is 13.4. The molecule has 0 aliphatic carbocycles. The molecular formula is C11H7NO6. The molecule has 7 nitrogen and oxygen atoms in total. The Morgan fingerprint density at radius 3 is 2.17 bits per heavy atom. The summed E-state index contributed by atoms with van der Waals surface area (Å²) in [6, 6.07) is 2.05. The summed E-state index contributed by atoms with van der Waals surface area (Å²) in [6.45, 7) is 0. The maximum Gasteiger partial charge on any atom is 0.346 e. The molecule has 0 radical (unpaired) electrons. The summed E-state index contributed by atoms with van der Waals surface area (Å²) in [5.74, 6) is -4.02. The molecule has 1 heterocycles. The average molecular weight is 249 g/mol. The van der Waals surface area contributed by atoms with Gasteiger partial charge in [0.1, 0.15) is 0 Å². The monoisotopic (exact) mass is 249 g/mol. The van der Waals surface area contributed by atoms with Gasteiger partial charge in [-0.15, -0.1) is 0 Å². The van der Waals surface area contributed by atoms with Gasteiger partial charge in [-0.1, -0.05) is 0 Å². The van der Waals surface area contributed by atoms with Crippen molar-refractivity contribution in [2.45, 2.75) is 0 Å². The highest BCUT2D eigenvalue weighted by molar-refractivity contribution is 6.17. The molecule has 1 aliphatic rings. The zero-order valence-corrected chi connectivity index (χ0v) is 9.14. The Kier molecular flexibility index (Phi) is 2.59. The number of carbonyl (C=O) groups excluding carboxylic acids is 3. The second-order valence-electron chi connectivity index (χ2n) is 3.50. The first kappa shape index (κ1) is 11.8. The number of fused-ring (bicyclic) bond motifs is 2. The van der Waals surface area contributed by atoms with Crippen LogP contribution in [0.5, 0.6) is 0 Å². The van der Waals surface area contributed by atoms with Crippen molar-refractivity contribution >= 4 is 23.8 Å². The molecule has 2 bridgehead atoms. The van der Waals surface area contributed by atoms with Crippen LogP contribution in [-0.4, -0.2) is 36.0 Å². The lowest BCUT2D eigenvalue weighted by Gasteiger charge is -2.16. The highest BCUT2D eigenvalue weighted by Crippen LogP contribution is 2.24. The minimum Gasteiger partial charge on any atom is -0.478 e. The number of hydrogen-bond donors (Lipinski definition) is 2. The number of aromatic carboxylic acids is 1. The molecule has 0 saturated heterocycles. The zero-order valence-electron chi connectivity index (χ0n) is 9.14. The molecule has 0 saturated carbocycles. The van der Waals surface area contributed by atoms with Gasteiger partial charge in [0.2, 0.25) is 0 Å². The number of carbonyl (C=O) groups is 4. The van der Waals surface area contributed by atoms with E-state index in [2.05, 4.69) is 10.1 Å². The predicted molar refractivity (Wildman–Crippen MR) is 56.5 cm³/mol. The van der Waals surface area contributed by atoms with Crippen molar-refractivity contribution in [2.75, 3.05) is 7.05 Å². The van der Waals surface area contributed by atoms with Gasteiger partial charge in [-0.3, -0.25) is 4.79 Å². The van der Waals surface area contributed by atoms with Gasteiger partial charge in [-0.25, -0.2) is 14.4 Å². The minimum atomic E-state index is -1.38. The van der Waals surface area contributed by atoms with Crippen molar-refractivity contribution in [1.82, 2.24) is 5.32 Å². The van der Waals surface area contributed by atoms with E-state index < -0.39 is 23.8 Å². The van der Waals surface area contributed by atoms with E-state index in [9.17, 15) is 19.2 Å². The highest BCUT2D eigenvalue weighted by atomic mass is 16.6. The third kappa shape index (κ3) is 1.61. The third-order valence-corrected chi connectivity index (χ3v) is 2.49. The normalized spacial score (nSPS) is 12.9. The van der Waals surface area contributed by atoms with Crippen LogP contribution in [0.2, 0.25) is 0 Å². The van der Waals surface area contributed by atoms with Crippen LogP contribution < -0.4 is 5.32 Å². The van der Waals surface area contributed by atoms with E-state index in [0.29, 0.717) is 0 Å². The van der Waals surface area contributed by atoms with Crippen LogP contribution >= 0.6 is 0 Å². The highest BCUT2D eigenvalue weighted by Gasteiger charge is 2.32. The number of cyclic esters (lactones) is 2. The molecule has 0 spiro atoms. The van der Waals surface area contributed by atoms with Crippen LogP contribution in [0.25, 0.3) is 0 Å². The Bertz CT molecular complexity index is 604. The van der Waals surface area contributed by atoms with E-state index >= 15 is 0 Å². The first-order valence-electron chi connectivity index (χ1n) is 4.85. The second kappa shape index (κ2) is 3.95. The number of hydrogen-bond acceptors (Lipinski definition) is 5. The maximum atomic E-state index is 11.5. The summed E-state index contributed by atoms with van der Waals surface area (Å²) in [5.41, 5.74) is -0.898. The molecule has 1 aliphatic heterocycles. The van der Waals surface area contributed by atoms with Gasteiger partial charge in [-0.2, -0.15) is 0 Å². The summed E-state index contributed by atoms with van der Waals surface area (Å²) in [4.78, 5) is 45.3. The van der Waals surface area contributed by atoms with E-state index in [1.54, 1.807) is 0 Å². The Morgan fingerprint density at radius 2 is 1.67 bits per heavy atom. The molecule has 0 unspecified atom stereocenters. The molecule has 0 aromatic heterocycles. The lowest BCUT2D eigenvalue weighted by molar-refractivity contribution is 0.0375. The molecule has 1 aromatic rings. The molecule has 1 amide bonds. The first-order chi connectivity index (χ1) is 8.45. The molecule has 1 aromatic carbocycles. The Hall–Kier alpha value is -2.70. The molecular weight excluding hydrogens is 242 g/mol. The summed E-state index contributed by atoms with van der Waals surface area (Å²) < 4.78 is 4.37. The van der Waals surface area contributed by atoms with Crippen LogP contribution in [-0.2, 0) is 4.74 Å². The molecule has 18 heavy (non-hydrogen) atoms. The van der Waals surface area contributed by atoms with Crippen molar-refractivity contribution in [3.05, 3.63) is 34.4 Å². The van der Waals surface area contributed by atoms with Crippen LogP contribution in [0.4, 0.5) is 0 Å². The summed E-state index contributed by atoms with van der Waals surface area (Å²) in [5, 5.41) is 11.2. The summed E-state index contributed by atoms with van der Waals surface area (Å²) in [6.07, 6.45) is 0. The smallest absolute Gasteiger partial charge is 0.346 e. The number of ether oxygens (including phenoxy) is 1. The lowest BCUT2D eigenvalue weighted by Crippen LogP contribution is -2.28. The number of esters is 2. The fraction of sp³-hybridized carbons (Fsp3) is 0.0909. The van der Waals surface area contributed by atoms with Gasteiger partial charge >= 0.3 is 17.9 Å². The molecule has 0 fully saturated rings. The number of carboxylic acid groups (broad SMARTS) is 1. The van der Waals surface area contributed by atoms with E-state index in [1.807, 2.05) is 0 Å². The molecule has 92 valence electrons. The Morgan fingerprint density at radius 1 is 1.11 bits per heavy atom. The predicted octanol–water partition coefficient (Wildman–Crippen LogP) is 0.0550. The van der Waals surface area contributed by atoms with Crippen molar-refractivity contribution < 1.29 is 29.0 Å². The number of amides is 1. The van der Waals surface area contributed by atoms with Gasteiger partial charge in [0.15, 0.2) is 0 Å². The Labute approximate surface area is 100 Å². The van der Waals surface area contributed by atoms with Gasteiger partial charge < -0.3 is 15.2 Å². The number of rotatable bonds is 2. The third-order valence-electron chi connectivity index (χ3n) is 2.49. The van der Waals surface area contributed by atoms with Crippen molar-refractivity contribution in [3.63, 3.8) is 0 Å². The van der Waals surface area contributed by atoms with E-state index in [0.717, 1.165) is 12.1 Å². The van der Waals surface area contributed by atoms with Gasteiger partial charge in [0.25, 0.3) is 5.91 Å². The fourth-order valence-electron chi connectivity index (χ4n) is 1.63. The molecule has 2 rings (SSSR count). The molecule has 0 atom stereocenters. The lowest BCUT2D eigenvalue weighted by atomic mass is 9.96. The number of benzene rings is 1. The standard InChI is InChI=1S/C11H7NO6/c1-12-8(13)4-2-5(9(14)15)7-3-6(4)10(16)18-11(7)17/h2-3H,1H3,(H,12,13)(H,14,15). The largest absolute Gasteiger partial charge is 0.478 e. The first-order valence-corrected chi connectivity index (χ1v) is 4.85. The van der Waals surface area contributed by atoms with Gasteiger partial charge in [0.05, 0.1) is 22.3 Å². The van der Waals surface area contributed by atoms with Crippen LogP contribution in [0, 0.1) is 0 Å². The average Bonchev–Trinajstić information content (AvgIpc) is 2.34. The van der Waals surface area contributed by atoms with E-state index in [1.165, 1.54) is 7.05 Å². The van der Waals surface area contributed by atoms with E-state index in [4.69, 9.17) is 5.11 Å². The van der Waals surface area contributed by atoms with Crippen LogP contribution in [0.3, 0.4) is 0 Å². The van der Waals surface area contributed by atoms with Crippen molar-refractivity contribution in [1.29, 1.82) is 0 Å². The number of carboxylic acids is 1. The van der Waals surface area contributed by atoms with Gasteiger partial charge in [0, 0.05) is 7.05 Å². The van der Waals surface area contributed by atoms with Crippen molar-refractivity contribution in [2.24, 2.45) is 0 Å².